The smallest absolute Gasteiger partial charge is 0.251 e. The summed E-state index contributed by atoms with van der Waals surface area (Å²) in [5, 5.41) is 9.63. The van der Waals surface area contributed by atoms with Crippen LogP contribution in [0.25, 0.3) is 0 Å². The zero-order valence-electron chi connectivity index (χ0n) is 18.7. The molecule has 0 saturated carbocycles. The number of carbonyl (C=O) groups is 1. The number of benzene rings is 2. The van der Waals surface area contributed by atoms with Crippen molar-refractivity contribution in [2.45, 2.75) is 46.2 Å². The van der Waals surface area contributed by atoms with Crippen molar-refractivity contribution < 1.29 is 9.53 Å². The number of hydrogen-bond acceptors (Lipinski definition) is 3. The average Bonchev–Trinajstić information content (AvgIpc) is 2.77. The molecule has 0 bridgehead atoms. The summed E-state index contributed by atoms with van der Waals surface area (Å²) in [6, 6.07) is 14.1. The lowest BCUT2D eigenvalue weighted by Gasteiger charge is -2.14. The first-order chi connectivity index (χ1) is 14.5. The molecule has 0 radical (unpaired) electrons. The number of aliphatic imine (C=N–C) groups is 1. The Labute approximate surface area is 180 Å². The summed E-state index contributed by atoms with van der Waals surface area (Å²) in [5.74, 6) is 1.60. The summed E-state index contributed by atoms with van der Waals surface area (Å²) in [6.45, 7) is 7.44. The molecular weight excluding hydrogens is 376 g/mol. The maximum absolute atomic E-state index is 12.3. The van der Waals surface area contributed by atoms with E-state index in [4.69, 9.17) is 4.74 Å². The van der Waals surface area contributed by atoms with Crippen LogP contribution in [0.3, 0.4) is 0 Å². The SMILES string of the molecule is CCC(C)NC(=O)c1cccc(CNC(=NC)NCCc2ccc(C)c(OC)c2)c1. The number of nitrogens with zero attached hydrogens (tertiary/aromatic N) is 1. The van der Waals surface area contributed by atoms with Crippen LogP contribution in [0.1, 0.15) is 47.3 Å². The number of aryl methyl sites for hydroxylation is 1. The van der Waals surface area contributed by atoms with Gasteiger partial charge in [-0.3, -0.25) is 9.79 Å². The minimum Gasteiger partial charge on any atom is -0.496 e. The van der Waals surface area contributed by atoms with Crippen molar-refractivity contribution in [3.63, 3.8) is 0 Å². The van der Waals surface area contributed by atoms with E-state index in [1.807, 2.05) is 38.1 Å². The molecule has 0 aromatic heterocycles. The molecule has 3 N–H and O–H groups in total. The minimum atomic E-state index is -0.0396. The van der Waals surface area contributed by atoms with Crippen LogP contribution in [0, 0.1) is 6.92 Å². The summed E-state index contributed by atoms with van der Waals surface area (Å²) in [7, 11) is 3.44. The Balaban J connectivity index is 1.85. The summed E-state index contributed by atoms with van der Waals surface area (Å²) in [6.07, 6.45) is 1.77. The molecule has 2 aromatic carbocycles. The second-order valence-corrected chi connectivity index (χ2v) is 7.39. The van der Waals surface area contributed by atoms with Crippen LogP contribution in [-0.2, 0) is 13.0 Å². The fourth-order valence-electron chi connectivity index (χ4n) is 2.98. The molecule has 0 aliphatic heterocycles. The van der Waals surface area contributed by atoms with Gasteiger partial charge in [0.25, 0.3) is 5.91 Å². The lowest BCUT2D eigenvalue weighted by molar-refractivity contribution is 0.0939. The normalized spacial score (nSPS) is 12.2. The molecular formula is C24H34N4O2. The molecule has 0 aliphatic carbocycles. The summed E-state index contributed by atoms with van der Waals surface area (Å²) >= 11 is 0. The third-order valence-electron chi connectivity index (χ3n) is 5.04. The van der Waals surface area contributed by atoms with E-state index in [-0.39, 0.29) is 11.9 Å². The van der Waals surface area contributed by atoms with Gasteiger partial charge in [-0.25, -0.2) is 0 Å². The van der Waals surface area contributed by atoms with Crippen molar-refractivity contribution in [2.75, 3.05) is 20.7 Å². The molecule has 162 valence electrons. The number of methoxy groups -OCH3 is 1. The fraction of sp³-hybridized carbons (Fsp3) is 0.417. The quantitative estimate of drug-likeness (QED) is 0.437. The van der Waals surface area contributed by atoms with E-state index in [0.29, 0.717) is 12.1 Å². The second kappa shape index (κ2) is 11.9. The van der Waals surface area contributed by atoms with Crippen molar-refractivity contribution in [1.29, 1.82) is 0 Å². The Bertz CT molecular complexity index is 864. The predicted molar refractivity (Wildman–Crippen MR) is 123 cm³/mol. The van der Waals surface area contributed by atoms with Crippen molar-refractivity contribution in [3.8, 4) is 5.75 Å². The van der Waals surface area contributed by atoms with Crippen LogP contribution in [0.2, 0.25) is 0 Å². The Kier molecular flexibility index (Phi) is 9.19. The van der Waals surface area contributed by atoms with Crippen LogP contribution in [0.4, 0.5) is 0 Å². The molecule has 1 atom stereocenters. The predicted octanol–water partition coefficient (Wildman–Crippen LogP) is 3.44. The highest BCUT2D eigenvalue weighted by Crippen LogP contribution is 2.19. The maximum Gasteiger partial charge on any atom is 0.251 e. The highest BCUT2D eigenvalue weighted by molar-refractivity contribution is 5.94. The maximum atomic E-state index is 12.3. The number of carbonyl (C=O) groups excluding carboxylic acids is 1. The van der Waals surface area contributed by atoms with Crippen molar-refractivity contribution in [2.24, 2.45) is 4.99 Å². The van der Waals surface area contributed by atoms with Gasteiger partial charge >= 0.3 is 0 Å². The zero-order chi connectivity index (χ0) is 21.9. The van der Waals surface area contributed by atoms with Gasteiger partial charge < -0.3 is 20.7 Å². The first-order valence-electron chi connectivity index (χ1n) is 10.4. The number of ether oxygens (including phenoxy) is 1. The van der Waals surface area contributed by atoms with Crippen LogP contribution in [-0.4, -0.2) is 38.6 Å². The highest BCUT2D eigenvalue weighted by Gasteiger charge is 2.09. The van der Waals surface area contributed by atoms with E-state index in [0.717, 1.165) is 42.2 Å². The van der Waals surface area contributed by atoms with E-state index in [1.165, 1.54) is 5.56 Å². The van der Waals surface area contributed by atoms with E-state index >= 15 is 0 Å². The van der Waals surface area contributed by atoms with Gasteiger partial charge in [0.1, 0.15) is 5.75 Å². The molecule has 0 heterocycles. The number of guanidine groups is 1. The van der Waals surface area contributed by atoms with Crippen molar-refractivity contribution in [3.05, 3.63) is 64.7 Å². The number of amides is 1. The molecule has 2 aromatic rings. The molecule has 1 unspecified atom stereocenters. The zero-order valence-corrected chi connectivity index (χ0v) is 18.7. The van der Waals surface area contributed by atoms with Gasteiger partial charge in [0, 0.05) is 31.7 Å². The third kappa shape index (κ3) is 7.10. The standard InChI is InChI=1S/C24H34N4O2/c1-6-18(3)28-23(29)21-9-7-8-20(14-21)16-27-24(25-4)26-13-12-19-11-10-17(2)22(15-19)30-5/h7-11,14-15,18H,6,12-13,16H2,1-5H3,(H,28,29)(H2,25,26,27). The lowest BCUT2D eigenvalue weighted by atomic mass is 10.1. The summed E-state index contributed by atoms with van der Waals surface area (Å²) in [5.41, 5.74) is 4.04. The largest absolute Gasteiger partial charge is 0.496 e. The fourth-order valence-corrected chi connectivity index (χ4v) is 2.98. The summed E-state index contributed by atoms with van der Waals surface area (Å²) in [4.78, 5) is 16.6. The molecule has 30 heavy (non-hydrogen) atoms. The molecule has 6 heteroatoms. The topological polar surface area (TPSA) is 74.8 Å². The Morgan fingerprint density at radius 1 is 1.13 bits per heavy atom. The lowest BCUT2D eigenvalue weighted by Crippen LogP contribution is -2.38. The van der Waals surface area contributed by atoms with Gasteiger partial charge in [-0.15, -0.1) is 0 Å². The van der Waals surface area contributed by atoms with Gasteiger partial charge in [-0.2, -0.15) is 0 Å². The van der Waals surface area contributed by atoms with Crippen LogP contribution in [0.15, 0.2) is 47.5 Å². The first-order valence-corrected chi connectivity index (χ1v) is 10.4. The molecule has 1 amide bonds. The van der Waals surface area contributed by atoms with Crippen LogP contribution < -0.4 is 20.7 Å². The molecule has 0 spiro atoms. The first kappa shape index (κ1) is 23.3. The molecule has 2 rings (SSSR count). The second-order valence-electron chi connectivity index (χ2n) is 7.39. The van der Waals surface area contributed by atoms with E-state index in [1.54, 1.807) is 14.2 Å². The van der Waals surface area contributed by atoms with E-state index in [2.05, 4.69) is 46.1 Å². The van der Waals surface area contributed by atoms with E-state index < -0.39 is 0 Å². The van der Waals surface area contributed by atoms with Gasteiger partial charge in [0.15, 0.2) is 5.96 Å². The third-order valence-corrected chi connectivity index (χ3v) is 5.04. The van der Waals surface area contributed by atoms with Crippen molar-refractivity contribution in [1.82, 2.24) is 16.0 Å². The minimum absolute atomic E-state index is 0.0396. The van der Waals surface area contributed by atoms with Gasteiger partial charge in [-0.05, 0) is 61.6 Å². The molecule has 0 fully saturated rings. The number of rotatable bonds is 9. The van der Waals surface area contributed by atoms with Crippen LogP contribution >= 0.6 is 0 Å². The Morgan fingerprint density at radius 3 is 2.63 bits per heavy atom. The van der Waals surface area contributed by atoms with Gasteiger partial charge in [0.05, 0.1) is 7.11 Å². The van der Waals surface area contributed by atoms with Gasteiger partial charge in [-0.1, -0.05) is 31.2 Å². The average molecular weight is 411 g/mol. The summed E-state index contributed by atoms with van der Waals surface area (Å²) < 4.78 is 5.39. The molecule has 6 nitrogen and oxygen atoms in total. The van der Waals surface area contributed by atoms with Gasteiger partial charge in [0.2, 0.25) is 0 Å². The monoisotopic (exact) mass is 410 g/mol. The molecule has 0 aliphatic rings. The highest BCUT2D eigenvalue weighted by atomic mass is 16.5. The Hall–Kier alpha value is -3.02. The number of hydrogen-bond donors (Lipinski definition) is 3. The Morgan fingerprint density at radius 2 is 1.93 bits per heavy atom. The van der Waals surface area contributed by atoms with E-state index in [9.17, 15) is 4.79 Å². The number of nitrogens with one attached hydrogen (secondary N) is 3. The van der Waals surface area contributed by atoms with Crippen LogP contribution in [0.5, 0.6) is 5.75 Å². The molecule has 0 saturated heterocycles. The van der Waals surface area contributed by atoms with Crippen molar-refractivity contribution >= 4 is 11.9 Å².